The Morgan fingerprint density at radius 1 is 1.07 bits per heavy atom. The van der Waals surface area contributed by atoms with Gasteiger partial charge in [0.2, 0.25) is 14.8 Å². The number of nitrogens with one attached hydrogen (secondary N) is 2. The molecule has 3 unspecified atom stereocenters. The fourth-order valence-electron chi connectivity index (χ4n) is 5.47. The van der Waals surface area contributed by atoms with Gasteiger partial charge in [-0.15, -0.1) is 0 Å². The molecular formula is C32H47N5O7S. The Morgan fingerprint density at radius 2 is 1.60 bits per heavy atom. The van der Waals surface area contributed by atoms with Gasteiger partial charge >= 0.3 is 12.1 Å². The second-order valence-electron chi connectivity index (χ2n) is 12.6. The number of carbonyl (C=O) groups is 2. The van der Waals surface area contributed by atoms with Crippen molar-refractivity contribution in [2.45, 2.75) is 101 Å². The van der Waals surface area contributed by atoms with Crippen LogP contribution in [0.25, 0.3) is 0 Å². The number of rotatable bonds is 11. The molecule has 248 valence electrons. The molecule has 2 aromatic rings. The first kappa shape index (κ1) is 36.0. The molecule has 45 heavy (non-hydrogen) atoms. The largest absolute Gasteiger partial charge is 0.480 e. The summed E-state index contributed by atoms with van der Waals surface area (Å²) in [6, 6.07) is 7.43. The average Bonchev–Trinajstić information content (AvgIpc) is 2.95. The number of nitrogens with two attached hydrogens (primary N) is 2. The van der Waals surface area contributed by atoms with Gasteiger partial charge in [0.15, 0.2) is 0 Å². The Kier molecular flexibility index (Phi) is 11.1. The number of carboxylic acids is 1. The number of hydrogen-bond donors (Lipinski definition) is 6. The summed E-state index contributed by atoms with van der Waals surface area (Å²) < 4.78 is 36.2. The van der Waals surface area contributed by atoms with Gasteiger partial charge in [0, 0.05) is 18.7 Å². The normalized spacial score (nSPS) is 19.4. The molecule has 0 aliphatic carbocycles. The van der Waals surface area contributed by atoms with Crippen LogP contribution in [0.3, 0.4) is 0 Å². The van der Waals surface area contributed by atoms with E-state index in [0.29, 0.717) is 16.7 Å². The molecule has 1 fully saturated rings. The molecule has 1 aliphatic rings. The summed E-state index contributed by atoms with van der Waals surface area (Å²) in [6.45, 7) is 13.2. The van der Waals surface area contributed by atoms with Gasteiger partial charge in [-0.25, -0.2) is 13.2 Å². The second kappa shape index (κ2) is 13.9. The quantitative estimate of drug-likeness (QED) is 0.155. The number of aliphatic carboxylic acids is 1. The zero-order valence-electron chi connectivity index (χ0n) is 27.0. The fourth-order valence-corrected chi connectivity index (χ4v) is 7.70. The minimum Gasteiger partial charge on any atom is -0.480 e. The molecule has 0 aromatic heterocycles. The molecule has 0 bridgehead atoms. The van der Waals surface area contributed by atoms with Crippen molar-refractivity contribution in [1.29, 1.82) is 5.41 Å². The lowest BCUT2D eigenvalue weighted by Gasteiger charge is -2.40. The topological polar surface area (TPSA) is 209 Å². The van der Waals surface area contributed by atoms with Crippen LogP contribution in [0, 0.1) is 5.41 Å². The van der Waals surface area contributed by atoms with Gasteiger partial charge in [0.1, 0.15) is 24.1 Å². The lowest BCUT2D eigenvalue weighted by atomic mass is 9.89. The molecule has 0 radical (unpaired) electrons. The van der Waals surface area contributed by atoms with E-state index in [4.69, 9.17) is 21.6 Å². The monoisotopic (exact) mass is 645 g/mol. The van der Waals surface area contributed by atoms with Gasteiger partial charge in [-0.1, -0.05) is 77.9 Å². The standard InChI is InChI=1S/C32H47N5O7S/c1-17(2)21-15-23(18(3)4)27(24(16-21)19(5)6)45(42,43)32(7,22-10-8-20(9-11-22)14-25(33)30(39)40)44-31(41)37-13-12-36-29(38)26(37)28(34)35/h8-11,15-19,25-26,29,36,38H,12-14,33H2,1-7H3,(H3,34,35)(H,39,40)/t25-,26?,29?,32?/m0/s1. The summed E-state index contributed by atoms with van der Waals surface area (Å²) in [5.41, 5.74) is 14.3. The molecule has 1 heterocycles. The van der Waals surface area contributed by atoms with Gasteiger partial charge in [-0.05, 0) is 53.4 Å². The van der Waals surface area contributed by atoms with Crippen LogP contribution in [0.4, 0.5) is 4.79 Å². The van der Waals surface area contributed by atoms with Gasteiger partial charge in [-0.2, -0.15) is 0 Å². The number of aliphatic hydroxyl groups is 1. The highest BCUT2D eigenvalue weighted by molar-refractivity contribution is 7.92. The van der Waals surface area contributed by atoms with Crippen LogP contribution in [-0.4, -0.2) is 72.8 Å². The molecule has 0 spiro atoms. The van der Waals surface area contributed by atoms with Crippen LogP contribution >= 0.6 is 0 Å². The predicted molar refractivity (Wildman–Crippen MR) is 172 cm³/mol. The predicted octanol–water partition coefficient (Wildman–Crippen LogP) is 3.32. The highest BCUT2D eigenvalue weighted by Gasteiger charge is 2.50. The van der Waals surface area contributed by atoms with Gasteiger partial charge < -0.3 is 26.4 Å². The second-order valence-corrected chi connectivity index (χ2v) is 14.8. The minimum atomic E-state index is -4.53. The Bertz CT molecular complexity index is 1500. The van der Waals surface area contributed by atoms with Crippen LogP contribution in [0.2, 0.25) is 0 Å². The minimum absolute atomic E-state index is 0.000143. The van der Waals surface area contributed by atoms with Crippen molar-refractivity contribution in [3.8, 4) is 0 Å². The first-order valence-electron chi connectivity index (χ1n) is 15.1. The molecule has 1 amide bonds. The first-order chi connectivity index (χ1) is 20.8. The number of amidine groups is 1. The third-order valence-electron chi connectivity index (χ3n) is 8.29. The van der Waals surface area contributed by atoms with E-state index in [9.17, 15) is 19.8 Å². The lowest BCUT2D eigenvalue weighted by molar-refractivity contribution is -0.138. The first-order valence-corrected chi connectivity index (χ1v) is 16.6. The van der Waals surface area contributed by atoms with Crippen LogP contribution in [0.1, 0.15) is 94.0 Å². The van der Waals surface area contributed by atoms with E-state index in [0.717, 1.165) is 10.5 Å². The van der Waals surface area contributed by atoms with Crippen molar-refractivity contribution in [1.82, 2.24) is 10.2 Å². The van der Waals surface area contributed by atoms with Crippen LogP contribution < -0.4 is 16.8 Å². The third kappa shape index (κ3) is 7.32. The number of sulfone groups is 1. The zero-order chi connectivity index (χ0) is 34.0. The van der Waals surface area contributed by atoms with E-state index in [1.54, 1.807) is 12.1 Å². The van der Waals surface area contributed by atoms with Gasteiger partial charge in [0.25, 0.3) is 0 Å². The Balaban J connectivity index is 2.29. The van der Waals surface area contributed by atoms with Gasteiger partial charge in [-0.3, -0.25) is 20.4 Å². The Hall–Kier alpha value is -3.52. The molecule has 3 rings (SSSR count). The Labute approximate surface area is 265 Å². The molecule has 0 saturated carbocycles. The third-order valence-corrected chi connectivity index (χ3v) is 10.6. The smallest absolute Gasteiger partial charge is 0.412 e. The fraction of sp³-hybridized carbons (Fsp3) is 0.531. The lowest BCUT2D eigenvalue weighted by Crippen LogP contribution is -2.64. The highest BCUT2D eigenvalue weighted by Crippen LogP contribution is 2.44. The summed E-state index contributed by atoms with van der Waals surface area (Å²) in [4.78, 5) is 24.0. The average molecular weight is 646 g/mol. The summed E-state index contributed by atoms with van der Waals surface area (Å²) in [6.07, 6.45) is -2.42. The molecular weight excluding hydrogens is 598 g/mol. The molecule has 13 heteroatoms. The van der Waals surface area contributed by atoms with Crippen molar-refractivity contribution >= 4 is 27.7 Å². The summed E-state index contributed by atoms with van der Waals surface area (Å²) in [7, 11) is -4.53. The number of benzene rings is 2. The summed E-state index contributed by atoms with van der Waals surface area (Å²) >= 11 is 0. The molecule has 8 N–H and O–H groups in total. The number of ether oxygens (including phenoxy) is 1. The molecule has 1 saturated heterocycles. The van der Waals surface area contributed by atoms with Crippen LogP contribution in [-0.2, 0) is 30.7 Å². The maximum Gasteiger partial charge on any atom is 0.412 e. The maximum atomic E-state index is 15.1. The van der Waals surface area contributed by atoms with Crippen molar-refractivity contribution in [2.24, 2.45) is 11.5 Å². The highest BCUT2D eigenvalue weighted by atomic mass is 32.2. The summed E-state index contributed by atoms with van der Waals surface area (Å²) in [5.74, 6) is -1.93. The van der Waals surface area contributed by atoms with E-state index in [1.165, 1.54) is 19.1 Å². The number of carboxylic acid groups (broad SMARTS) is 1. The Morgan fingerprint density at radius 3 is 2.04 bits per heavy atom. The molecule has 4 atom stereocenters. The van der Waals surface area contributed by atoms with E-state index in [1.807, 2.05) is 53.7 Å². The number of aliphatic hydroxyl groups excluding tert-OH is 1. The number of carbonyl (C=O) groups excluding carboxylic acids is 1. The molecule has 2 aromatic carbocycles. The van der Waals surface area contributed by atoms with Crippen LogP contribution in [0.5, 0.6) is 0 Å². The van der Waals surface area contributed by atoms with Gasteiger partial charge in [0.05, 0.1) is 4.90 Å². The maximum absolute atomic E-state index is 15.1. The van der Waals surface area contributed by atoms with Crippen molar-refractivity contribution in [3.63, 3.8) is 0 Å². The van der Waals surface area contributed by atoms with E-state index < -0.39 is 51.0 Å². The SMILES string of the molecule is CC(C)c1cc(C(C)C)c(S(=O)(=O)C(C)(OC(=O)N2CCNC(O)C2C(=N)N)c2ccc(C[C@H](N)C(=O)O)cc2)c(C(C)C)c1. The van der Waals surface area contributed by atoms with Crippen molar-refractivity contribution in [2.75, 3.05) is 13.1 Å². The van der Waals surface area contributed by atoms with E-state index in [-0.39, 0.29) is 47.7 Å². The molecule has 1 aliphatic heterocycles. The van der Waals surface area contributed by atoms with Crippen molar-refractivity contribution < 1.29 is 33.0 Å². The van der Waals surface area contributed by atoms with E-state index in [2.05, 4.69) is 5.32 Å². The number of hydrogen-bond acceptors (Lipinski definition) is 9. The van der Waals surface area contributed by atoms with E-state index >= 15 is 8.42 Å². The zero-order valence-corrected chi connectivity index (χ0v) is 27.8. The summed E-state index contributed by atoms with van der Waals surface area (Å²) in [5, 5.41) is 30.4. The van der Waals surface area contributed by atoms with Crippen LogP contribution in [0.15, 0.2) is 41.3 Å². The molecule has 12 nitrogen and oxygen atoms in total. The van der Waals surface area contributed by atoms with Crippen molar-refractivity contribution in [3.05, 3.63) is 64.2 Å². The number of nitrogens with zero attached hydrogens (tertiary/aromatic N) is 1. The number of amides is 1. The number of piperazine rings is 1.